The van der Waals surface area contributed by atoms with Crippen LogP contribution < -0.4 is 4.30 Å². The van der Waals surface area contributed by atoms with E-state index in [0.29, 0.717) is 0 Å². The Morgan fingerprint density at radius 1 is 1.50 bits per heavy atom. The Labute approximate surface area is 102 Å². The summed E-state index contributed by atoms with van der Waals surface area (Å²) < 4.78 is 3.90. The molecule has 0 aromatic heterocycles. The molecule has 1 rings (SSSR count). The quantitative estimate of drug-likeness (QED) is 0.598. The lowest BCUT2D eigenvalue weighted by Crippen LogP contribution is -2.23. The summed E-state index contributed by atoms with van der Waals surface area (Å²) in [5, 5.41) is 0. The number of benzene rings is 1. The number of carbonyl (C=O) groups is 1. The standard InChI is InChI=1S/C7H6INO.Al.HI/c8-6-3-1-2-5(4-6)7(9)10;;/h1-4H,(H2,9,10);;1H/q;+2;/p-2. The molecule has 1 amide bonds. The van der Waals surface area contributed by atoms with Gasteiger partial charge in [-0.15, -0.1) is 0 Å². The molecule has 0 aliphatic rings. The number of carbonyl (C=O) groups excluding carboxylic acids is 1. The molecule has 12 heavy (non-hydrogen) atoms. The first-order chi connectivity index (χ1) is 5.74. The van der Waals surface area contributed by atoms with Gasteiger partial charge in [0.1, 0.15) is 0 Å². The molecule has 1 N–H and O–H groups in total. The van der Waals surface area contributed by atoms with Gasteiger partial charge >= 0.3 is 12.2 Å². The Hall–Kier alpha value is 0.682. The molecule has 0 aliphatic heterocycles. The van der Waals surface area contributed by atoms with Crippen LogP contribution in [0.15, 0.2) is 24.3 Å². The second-order valence-corrected chi connectivity index (χ2v) is 5.71. The summed E-state index contributed by atoms with van der Waals surface area (Å²) in [6.45, 7) is 0. The van der Waals surface area contributed by atoms with E-state index in [0.717, 1.165) is 9.13 Å². The van der Waals surface area contributed by atoms with Crippen LogP contribution in [-0.4, -0.2) is 18.1 Å². The van der Waals surface area contributed by atoms with Gasteiger partial charge in [0.25, 0.3) is 0 Å². The fraction of sp³-hybridized carbons (Fsp3) is 0. The van der Waals surface area contributed by atoms with Gasteiger partial charge in [-0.3, -0.25) is 4.79 Å². The van der Waals surface area contributed by atoms with Crippen molar-refractivity contribution in [2.24, 2.45) is 0 Å². The van der Waals surface area contributed by atoms with E-state index in [4.69, 9.17) is 0 Å². The highest BCUT2D eigenvalue weighted by Gasteiger charge is 2.03. The zero-order valence-corrected chi connectivity index (χ0v) is 11.5. The van der Waals surface area contributed by atoms with E-state index >= 15 is 0 Å². The van der Waals surface area contributed by atoms with Gasteiger partial charge in [-0.05, 0) is 40.8 Å². The number of nitrogens with one attached hydrogen (secondary N) is 1. The molecule has 0 fully saturated rings. The molecular weight excluding hydrogens is 395 g/mol. The smallest absolute Gasteiger partial charge is 0.440 e. The van der Waals surface area contributed by atoms with Crippen LogP contribution in [0.3, 0.4) is 0 Å². The van der Waals surface area contributed by atoms with Crippen LogP contribution in [0.1, 0.15) is 10.4 Å². The van der Waals surface area contributed by atoms with Crippen molar-refractivity contribution in [3.8, 4) is 0 Å². The first-order valence-electron chi connectivity index (χ1n) is 3.22. The molecule has 2 nitrogen and oxygen atoms in total. The first-order valence-corrected chi connectivity index (χ1v) is 9.05. The number of rotatable bonds is 2. The van der Waals surface area contributed by atoms with Crippen LogP contribution in [-0.2, 0) is 0 Å². The van der Waals surface area contributed by atoms with Gasteiger partial charge in [-0.1, -0.05) is 6.07 Å². The topological polar surface area (TPSA) is 29.1 Å². The minimum atomic E-state index is 0.00344. The largest absolute Gasteiger partial charge is 0.473 e. The summed E-state index contributed by atoms with van der Waals surface area (Å²) in [6, 6.07) is 7.55. The fourth-order valence-electron chi connectivity index (χ4n) is 0.763. The van der Waals surface area contributed by atoms with Crippen LogP contribution in [0.5, 0.6) is 0 Å². The van der Waals surface area contributed by atoms with E-state index < -0.39 is 0 Å². The molecule has 0 unspecified atom stereocenters. The number of halogens is 2. The zero-order chi connectivity index (χ0) is 8.97. The van der Waals surface area contributed by atoms with E-state index in [1.54, 1.807) is 0 Å². The van der Waals surface area contributed by atoms with Crippen LogP contribution in [0.25, 0.3) is 0 Å². The van der Waals surface area contributed by atoms with Crippen LogP contribution in [0, 0.1) is 3.57 Å². The van der Waals surface area contributed by atoms with Crippen molar-refractivity contribution in [2.45, 2.75) is 0 Å². The summed E-state index contributed by atoms with van der Waals surface area (Å²) in [7, 11) is 0. The molecule has 0 bridgehead atoms. The summed E-state index contributed by atoms with van der Waals surface area (Å²) in [5.74, 6) is 0.0258. The maximum absolute atomic E-state index is 11.3. The Morgan fingerprint density at radius 3 is 2.83 bits per heavy atom. The van der Waals surface area contributed by atoms with Crippen LogP contribution in [0.2, 0.25) is 0 Å². The highest BCUT2D eigenvalue weighted by molar-refractivity contribution is 14.1. The van der Waals surface area contributed by atoms with Gasteiger partial charge in [0.15, 0.2) is 0 Å². The Morgan fingerprint density at radius 2 is 2.25 bits per heavy atom. The van der Waals surface area contributed by atoms with Crippen molar-refractivity contribution in [2.75, 3.05) is 0 Å². The highest BCUT2D eigenvalue weighted by atomic mass is 127. The second-order valence-electron chi connectivity index (χ2n) is 2.09. The molecule has 0 heterocycles. The predicted octanol–water partition coefficient (Wildman–Crippen LogP) is 1.99. The Bertz CT molecular complexity index is 292. The normalized spacial score (nSPS) is 9.17. The highest BCUT2D eigenvalue weighted by Crippen LogP contribution is 2.07. The molecule has 1 radical (unpaired) electrons. The molecule has 0 spiro atoms. The van der Waals surface area contributed by atoms with Crippen LogP contribution in [0.4, 0.5) is 0 Å². The lowest BCUT2D eigenvalue weighted by Gasteiger charge is -2.00. The third kappa shape index (κ3) is 3.20. The molecule has 0 aliphatic carbocycles. The van der Waals surface area contributed by atoms with Gasteiger partial charge in [0.05, 0.1) is 0 Å². The summed E-state index contributed by atoms with van der Waals surface area (Å²) in [5.41, 5.74) is 0.742. The third-order valence-electron chi connectivity index (χ3n) is 1.27. The van der Waals surface area contributed by atoms with E-state index in [1.165, 1.54) is 0 Å². The molecule has 0 saturated carbocycles. The SMILES string of the molecule is O=C([NH][Al][I])c1cccc(I)c1. The van der Waals surface area contributed by atoms with E-state index in [1.807, 2.05) is 24.3 Å². The summed E-state index contributed by atoms with van der Waals surface area (Å²) in [4.78, 5) is 11.3. The average Bonchev–Trinajstić information content (AvgIpc) is 2.05. The van der Waals surface area contributed by atoms with Crippen LogP contribution >= 0.6 is 42.9 Å². The second kappa shape index (κ2) is 5.42. The van der Waals surface area contributed by atoms with Crippen molar-refractivity contribution in [1.29, 1.82) is 0 Å². The first kappa shape index (κ1) is 10.8. The monoisotopic (exact) mass is 400 g/mol. The maximum Gasteiger partial charge on any atom is 0.473 e. The molecular formula is C7H5AlI2NO. The van der Waals surface area contributed by atoms with Gasteiger partial charge in [0.2, 0.25) is 5.91 Å². The predicted molar refractivity (Wildman–Crippen MR) is 66.4 cm³/mol. The van der Waals surface area contributed by atoms with Crippen molar-refractivity contribution in [1.82, 2.24) is 4.30 Å². The molecule has 0 atom stereocenters. The molecule has 1 aromatic carbocycles. The van der Waals surface area contributed by atoms with Crippen molar-refractivity contribution >= 4 is 60.9 Å². The minimum Gasteiger partial charge on any atom is -0.440 e. The average molecular weight is 400 g/mol. The number of hydrogen-bond donors (Lipinski definition) is 1. The Balaban J connectivity index is 2.81. The third-order valence-corrected chi connectivity index (χ3v) is 3.25. The number of amides is 1. The van der Waals surface area contributed by atoms with E-state index in [9.17, 15) is 4.79 Å². The van der Waals surface area contributed by atoms with Crippen molar-refractivity contribution < 1.29 is 4.79 Å². The van der Waals surface area contributed by atoms with Crippen molar-refractivity contribution in [3.63, 3.8) is 0 Å². The summed E-state index contributed by atoms with van der Waals surface area (Å²) in [6.07, 6.45) is 0. The fourth-order valence-corrected chi connectivity index (χ4v) is 2.42. The molecule has 61 valence electrons. The van der Waals surface area contributed by atoms with Gasteiger partial charge in [0, 0.05) is 9.13 Å². The maximum atomic E-state index is 11.3. The van der Waals surface area contributed by atoms with Gasteiger partial charge < -0.3 is 4.30 Å². The van der Waals surface area contributed by atoms with Crippen molar-refractivity contribution in [3.05, 3.63) is 33.4 Å². The number of hydrogen-bond acceptors (Lipinski definition) is 1. The molecule has 5 heteroatoms. The zero-order valence-electron chi connectivity index (χ0n) is 6.05. The van der Waals surface area contributed by atoms with E-state index in [2.05, 4.69) is 47.2 Å². The minimum absolute atomic E-state index is 0.00344. The molecule has 1 aromatic rings. The van der Waals surface area contributed by atoms with Gasteiger partial charge in [-0.2, -0.15) is 20.3 Å². The lowest BCUT2D eigenvalue weighted by molar-refractivity contribution is 0.0981. The molecule has 0 saturated heterocycles. The lowest BCUT2D eigenvalue weighted by atomic mass is 10.2. The Kier molecular flexibility index (Phi) is 4.86. The summed E-state index contributed by atoms with van der Waals surface area (Å²) >= 11 is 4.38. The van der Waals surface area contributed by atoms with Gasteiger partial charge in [-0.25, -0.2) is 0 Å². The van der Waals surface area contributed by atoms with E-state index in [-0.39, 0.29) is 18.1 Å².